The number of fused-ring (bicyclic) bond motifs is 1. The highest BCUT2D eigenvalue weighted by atomic mass is 79.9. The molecule has 5 rings (SSSR count). The number of hydrogen-bond donors (Lipinski definition) is 2. The molecule has 2 amide bonds. The third kappa shape index (κ3) is 6.09. The van der Waals surface area contributed by atoms with Gasteiger partial charge in [0.1, 0.15) is 11.4 Å². The summed E-state index contributed by atoms with van der Waals surface area (Å²) in [5, 5.41) is 25.0. The standard InChI is InChI=1S/C33H34BrCl2FN2O5/c1-31(2,3)44-30(41)38-13-11-20(12-14-38)32(4,42)22-15-25-28(27(37)16-22)33(43,21-6-9-23(35)10-7-21)39(29(25)40)18-19-5-8-24(36)17-26(19)34/h5-10,15-17,20,42-43H,11-14,18H2,1-4H3. The van der Waals surface area contributed by atoms with Gasteiger partial charge in [0.25, 0.3) is 5.91 Å². The maximum absolute atomic E-state index is 16.3. The van der Waals surface area contributed by atoms with E-state index in [1.165, 1.54) is 17.0 Å². The minimum absolute atomic E-state index is 0.0472. The number of benzene rings is 3. The van der Waals surface area contributed by atoms with E-state index in [-0.39, 0.29) is 34.7 Å². The van der Waals surface area contributed by atoms with Crippen LogP contribution in [0.1, 0.15) is 73.1 Å². The summed E-state index contributed by atoms with van der Waals surface area (Å²) in [6.07, 6.45) is 0.480. The average molecular weight is 708 g/mol. The summed E-state index contributed by atoms with van der Waals surface area (Å²) in [5.74, 6) is -1.76. The van der Waals surface area contributed by atoms with Gasteiger partial charge in [0, 0.05) is 33.2 Å². The summed E-state index contributed by atoms with van der Waals surface area (Å²) < 4.78 is 22.4. The first-order valence-electron chi connectivity index (χ1n) is 14.3. The van der Waals surface area contributed by atoms with Crippen molar-refractivity contribution in [3.8, 4) is 0 Å². The maximum Gasteiger partial charge on any atom is 0.410 e. The third-order valence-corrected chi connectivity index (χ3v) is 9.65. The number of piperidine rings is 1. The second-order valence-corrected chi connectivity index (χ2v) is 14.3. The number of hydrogen-bond acceptors (Lipinski definition) is 5. The van der Waals surface area contributed by atoms with Gasteiger partial charge in [-0.05, 0) is 94.0 Å². The normalized spacial score (nSPS) is 20.5. The van der Waals surface area contributed by atoms with Crippen molar-refractivity contribution < 1.29 is 28.9 Å². The fraction of sp³-hybridized carbons (Fsp3) is 0.394. The van der Waals surface area contributed by atoms with E-state index < -0.39 is 34.7 Å². The highest BCUT2D eigenvalue weighted by Gasteiger charge is 2.53. The van der Waals surface area contributed by atoms with Gasteiger partial charge < -0.3 is 19.8 Å². The molecule has 11 heteroatoms. The number of aliphatic hydroxyl groups is 2. The molecular formula is C33H34BrCl2FN2O5. The lowest BCUT2D eigenvalue weighted by Gasteiger charge is -2.40. The molecule has 2 unspecified atom stereocenters. The molecule has 3 aromatic rings. The van der Waals surface area contributed by atoms with Gasteiger partial charge in [0.2, 0.25) is 0 Å². The Morgan fingerprint density at radius 2 is 1.66 bits per heavy atom. The second-order valence-electron chi connectivity index (χ2n) is 12.6. The lowest BCUT2D eigenvalue weighted by Crippen LogP contribution is -2.46. The van der Waals surface area contributed by atoms with Crippen molar-refractivity contribution in [3.63, 3.8) is 0 Å². The van der Waals surface area contributed by atoms with Gasteiger partial charge in [0.05, 0.1) is 23.3 Å². The second kappa shape index (κ2) is 11.9. The molecule has 2 atom stereocenters. The van der Waals surface area contributed by atoms with Crippen LogP contribution in [0.15, 0.2) is 59.1 Å². The topological polar surface area (TPSA) is 90.3 Å². The van der Waals surface area contributed by atoms with Crippen molar-refractivity contribution in [2.45, 2.75) is 64.0 Å². The molecular weight excluding hydrogens is 674 g/mol. The summed E-state index contributed by atoms with van der Waals surface area (Å²) in [5.41, 5.74) is -3.45. The zero-order valence-electron chi connectivity index (χ0n) is 24.8. The molecule has 0 bridgehead atoms. The molecule has 0 saturated carbocycles. The van der Waals surface area contributed by atoms with Gasteiger partial charge in [-0.2, -0.15) is 0 Å². The molecule has 1 saturated heterocycles. The van der Waals surface area contributed by atoms with E-state index in [4.69, 9.17) is 27.9 Å². The predicted molar refractivity (Wildman–Crippen MR) is 170 cm³/mol. The molecule has 0 aromatic heterocycles. The van der Waals surface area contributed by atoms with Gasteiger partial charge >= 0.3 is 6.09 Å². The summed E-state index contributed by atoms with van der Waals surface area (Å²) in [7, 11) is 0. The van der Waals surface area contributed by atoms with Crippen LogP contribution in [-0.4, -0.2) is 50.7 Å². The number of nitrogens with zero attached hydrogens (tertiary/aromatic N) is 2. The first kappa shape index (κ1) is 32.7. The first-order chi connectivity index (χ1) is 20.5. The Bertz CT molecular complexity index is 1600. The molecule has 0 radical (unpaired) electrons. The Morgan fingerprint density at radius 3 is 2.25 bits per heavy atom. The summed E-state index contributed by atoms with van der Waals surface area (Å²) in [4.78, 5) is 29.4. The number of carbonyl (C=O) groups excluding carboxylic acids is 2. The molecule has 3 aromatic carbocycles. The Balaban J connectivity index is 1.51. The van der Waals surface area contributed by atoms with Crippen LogP contribution in [0.2, 0.25) is 10.0 Å². The van der Waals surface area contributed by atoms with Crippen LogP contribution < -0.4 is 0 Å². The highest BCUT2D eigenvalue weighted by Crippen LogP contribution is 2.47. The van der Waals surface area contributed by atoms with Gasteiger partial charge in [-0.3, -0.25) is 9.69 Å². The van der Waals surface area contributed by atoms with E-state index in [0.29, 0.717) is 46.0 Å². The van der Waals surface area contributed by atoms with Gasteiger partial charge in [-0.15, -0.1) is 0 Å². The Labute approximate surface area is 274 Å². The van der Waals surface area contributed by atoms with Crippen LogP contribution in [0.3, 0.4) is 0 Å². The molecule has 7 nitrogen and oxygen atoms in total. The molecule has 0 spiro atoms. The van der Waals surface area contributed by atoms with Crippen LogP contribution in [0.5, 0.6) is 0 Å². The number of rotatable bonds is 5. The zero-order valence-corrected chi connectivity index (χ0v) is 27.9. The van der Waals surface area contributed by atoms with E-state index in [2.05, 4.69) is 15.9 Å². The number of amides is 2. The molecule has 44 heavy (non-hydrogen) atoms. The van der Waals surface area contributed by atoms with E-state index in [9.17, 15) is 19.8 Å². The number of halogens is 4. The predicted octanol–water partition coefficient (Wildman–Crippen LogP) is 7.60. The average Bonchev–Trinajstić information content (AvgIpc) is 3.16. The van der Waals surface area contributed by atoms with Gasteiger partial charge in [-0.1, -0.05) is 57.3 Å². The quantitative estimate of drug-likeness (QED) is 0.285. The molecule has 2 aliphatic rings. The van der Waals surface area contributed by atoms with Gasteiger partial charge in [0.15, 0.2) is 5.72 Å². The summed E-state index contributed by atoms with van der Waals surface area (Å²) >= 11 is 15.7. The van der Waals surface area contributed by atoms with Crippen molar-refractivity contribution in [1.82, 2.24) is 9.80 Å². The van der Waals surface area contributed by atoms with E-state index in [1.54, 1.807) is 75.1 Å². The number of carbonyl (C=O) groups is 2. The Kier molecular flexibility index (Phi) is 8.85. The van der Waals surface area contributed by atoms with Crippen molar-refractivity contribution >= 4 is 51.1 Å². The largest absolute Gasteiger partial charge is 0.444 e. The fourth-order valence-corrected chi connectivity index (χ4v) is 6.96. The van der Waals surface area contributed by atoms with E-state index in [0.717, 1.165) is 0 Å². The highest BCUT2D eigenvalue weighted by molar-refractivity contribution is 9.10. The monoisotopic (exact) mass is 706 g/mol. The molecule has 2 heterocycles. The van der Waals surface area contributed by atoms with E-state index in [1.807, 2.05) is 0 Å². The summed E-state index contributed by atoms with van der Waals surface area (Å²) in [6, 6.07) is 14.0. The van der Waals surface area contributed by atoms with Crippen LogP contribution in [0.4, 0.5) is 9.18 Å². The van der Waals surface area contributed by atoms with Crippen LogP contribution in [0, 0.1) is 11.7 Å². The number of ether oxygens (including phenoxy) is 1. The molecule has 1 fully saturated rings. The Hall–Kier alpha value is -2.69. The molecule has 234 valence electrons. The van der Waals surface area contributed by atoms with Crippen LogP contribution in [-0.2, 0) is 22.6 Å². The van der Waals surface area contributed by atoms with Crippen molar-refractivity contribution in [2.24, 2.45) is 5.92 Å². The minimum Gasteiger partial charge on any atom is -0.444 e. The first-order valence-corrected chi connectivity index (χ1v) is 15.9. The lowest BCUT2D eigenvalue weighted by atomic mass is 9.76. The fourth-order valence-electron chi connectivity index (χ4n) is 6.02. The summed E-state index contributed by atoms with van der Waals surface area (Å²) in [6.45, 7) is 7.65. The van der Waals surface area contributed by atoms with E-state index >= 15 is 4.39 Å². The van der Waals surface area contributed by atoms with Crippen LogP contribution >= 0.6 is 39.1 Å². The van der Waals surface area contributed by atoms with Gasteiger partial charge in [-0.25, -0.2) is 9.18 Å². The van der Waals surface area contributed by atoms with Crippen molar-refractivity contribution in [3.05, 3.63) is 103 Å². The maximum atomic E-state index is 16.3. The van der Waals surface area contributed by atoms with Crippen LogP contribution in [0.25, 0.3) is 0 Å². The Morgan fingerprint density at radius 1 is 1.05 bits per heavy atom. The molecule has 0 aliphatic carbocycles. The third-order valence-electron chi connectivity index (χ3n) is 8.42. The van der Waals surface area contributed by atoms with Crippen molar-refractivity contribution in [1.29, 1.82) is 0 Å². The SMILES string of the molecule is CC(C)(C)OC(=O)N1CCC(C(C)(O)c2cc(F)c3c(c2)C(=O)N(Cc2ccc(Cl)cc2Br)C3(O)c2ccc(Cl)cc2)CC1. The minimum atomic E-state index is -2.16. The zero-order chi connectivity index (χ0) is 32.2. The number of likely N-dealkylation sites (tertiary alicyclic amines) is 1. The van der Waals surface area contributed by atoms with Crippen molar-refractivity contribution in [2.75, 3.05) is 13.1 Å². The lowest BCUT2D eigenvalue weighted by molar-refractivity contribution is -0.0564. The molecule has 2 aliphatic heterocycles. The molecule has 2 N–H and O–H groups in total. The smallest absolute Gasteiger partial charge is 0.410 e.